The van der Waals surface area contributed by atoms with Gasteiger partial charge in [0.1, 0.15) is 0 Å². The fraction of sp³-hybridized carbons (Fsp3) is 1.00. The molecule has 1 N–H and O–H groups in total. The molecule has 0 aromatic carbocycles. The molecular weight excluding hydrogens is 194 g/mol. The van der Waals surface area contributed by atoms with Crippen LogP contribution in [0.2, 0.25) is 0 Å². The molecule has 0 saturated heterocycles. The number of rotatable bonds is 6. The first-order valence-corrected chi connectivity index (χ1v) is 7.39. The first kappa shape index (κ1) is 14.0. The second kappa shape index (κ2) is 7.32. The molecule has 0 aliphatic heterocycles. The van der Waals surface area contributed by atoms with Crippen LogP contribution >= 0.6 is 0 Å². The number of nitrogens with one attached hydrogen (secondary N) is 1. The topological polar surface area (TPSA) is 12.0 Å². The van der Waals surface area contributed by atoms with Crippen molar-refractivity contribution < 1.29 is 0 Å². The third-order valence-electron chi connectivity index (χ3n) is 4.36. The molecule has 16 heavy (non-hydrogen) atoms. The van der Waals surface area contributed by atoms with Crippen LogP contribution in [0.3, 0.4) is 0 Å². The molecule has 1 fully saturated rings. The molecule has 96 valence electrons. The van der Waals surface area contributed by atoms with Crippen molar-refractivity contribution in [1.82, 2.24) is 5.32 Å². The van der Waals surface area contributed by atoms with Crippen LogP contribution < -0.4 is 5.32 Å². The van der Waals surface area contributed by atoms with E-state index < -0.39 is 0 Å². The minimum Gasteiger partial charge on any atom is -0.311 e. The van der Waals surface area contributed by atoms with Gasteiger partial charge in [-0.1, -0.05) is 39.5 Å². The lowest BCUT2D eigenvalue weighted by molar-refractivity contribution is 0.256. The van der Waals surface area contributed by atoms with Crippen LogP contribution in [-0.4, -0.2) is 12.1 Å². The van der Waals surface area contributed by atoms with E-state index in [-0.39, 0.29) is 0 Å². The van der Waals surface area contributed by atoms with Gasteiger partial charge in [0, 0.05) is 12.1 Å². The predicted octanol–water partition coefficient (Wildman–Crippen LogP) is 4.37. The molecule has 1 rings (SSSR count). The largest absolute Gasteiger partial charge is 0.311 e. The summed E-state index contributed by atoms with van der Waals surface area (Å²) in [6, 6.07) is 1.41. The van der Waals surface area contributed by atoms with E-state index in [2.05, 4.69) is 33.0 Å². The Morgan fingerprint density at radius 3 is 2.25 bits per heavy atom. The third kappa shape index (κ3) is 4.86. The van der Waals surface area contributed by atoms with Gasteiger partial charge < -0.3 is 5.32 Å². The van der Waals surface area contributed by atoms with Gasteiger partial charge in [-0.2, -0.15) is 0 Å². The summed E-state index contributed by atoms with van der Waals surface area (Å²) in [6.07, 6.45) is 9.91. The van der Waals surface area contributed by atoms with Gasteiger partial charge in [-0.25, -0.2) is 0 Å². The molecule has 0 spiro atoms. The molecule has 0 amide bonds. The van der Waals surface area contributed by atoms with Crippen LogP contribution in [0, 0.1) is 11.8 Å². The molecule has 1 aliphatic carbocycles. The second-order valence-electron chi connectivity index (χ2n) is 6.00. The zero-order chi connectivity index (χ0) is 12.0. The van der Waals surface area contributed by atoms with Crippen LogP contribution in [0.4, 0.5) is 0 Å². The fourth-order valence-electron chi connectivity index (χ4n) is 3.06. The van der Waals surface area contributed by atoms with Gasteiger partial charge in [-0.15, -0.1) is 0 Å². The fourth-order valence-corrected chi connectivity index (χ4v) is 3.06. The highest BCUT2D eigenvalue weighted by atomic mass is 14.9. The maximum Gasteiger partial charge on any atom is 0.00694 e. The highest BCUT2D eigenvalue weighted by Gasteiger charge is 2.21. The van der Waals surface area contributed by atoms with E-state index in [0.717, 1.165) is 17.9 Å². The Hall–Kier alpha value is -0.0400. The highest BCUT2D eigenvalue weighted by molar-refractivity contribution is 4.78. The Bertz CT molecular complexity index is 172. The Morgan fingerprint density at radius 2 is 1.69 bits per heavy atom. The van der Waals surface area contributed by atoms with Gasteiger partial charge >= 0.3 is 0 Å². The molecule has 3 atom stereocenters. The summed E-state index contributed by atoms with van der Waals surface area (Å²) in [6.45, 7) is 9.40. The maximum atomic E-state index is 3.81. The molecule has 0 aromatic heterocycles. The Labute approximate surface area is 102 Å². The first-order chi connectivity index (χ1) is 7.63. The van der Waals surface area contributed by atoms with E-state index in [1.165, 1.54) is 44.9 Å². The van der Waals surface area contributed by atoms with Gasteiger partial charge in [0.05, 0.1) is 0 Å². The van der Waals surface area contributed by atoms with Crippen LogP contribution in [-0.2, 0) is 0 Å². The van der Waals surface area contributed by atoms with Crippen LogP contribution in [0.15, 0.2) is 0 Å². The van der Waals surface area contributed by atoms with Crippen molar-refractivity contribution in [2.24, 2.45) is 11.8 Å². The van der Waals surface area contributed by atoms with Crippen molar-refractivity contribution in [3.05, 3.63) is 0 Å². The molecule has 1 heteroatoms. The van der Waals surface area contributed by atoms with Crippen LogP contribution in [0.1, 0.15) is 72.6 Å². The van der Waals surface area contributed by atoms with Crippen LogP contribution in [0.25, 0.3) is 0 Å². The quantitative estimate of drug-likeness (QED) is 0.708. The van der Waals surface area contributed by atoms with E-state index in [1.807, 2.05) is 0 Å². The normalized spacial score (nSPS) is 24.0. The minimum absolute atomic E-state index is 0.687. The van der Waals surface area contributed by atoms with E-state index in [4.69, 9.17) is 0 Å². The standard InChI is InChI=1S/C15H31N/c1-5-12(2)11-13(3)16-14(4)15-9-7-6-8-10-15/h12-16H,5-11H2,1-4H3. The monoisotopic (exact) mass is 225 g/mol. The van der Waals surface area contributed by atoms with Gasteiger partial charge in [0.15, 0.2) is 0 Å². The van der Waals surface area contributed by atoms with Crippen molar-refractivity contribution in [2.45, 2.75) is 84.7 Å². The molecule has 0 bridgehead atoms. The van der Waals surface area contributed by atoms with Crippen molar-refractivity contribution in [3.8, 4) is 0 Å². The van der Waals surface area contributed by atoms with Crippen LogP contribution in [0.5, 0.6) is 0 Å². The zero-order valence-corrected chi connectivity index (χ0v) is 11.8. The summed E-state index contributed by atoms with van der Waals surface area (Å²) in [5.41, 5.74) is 0. The molecule has 1 aliphatic rings. The smallest absolute Gasteiger partial charge is 0.00694 e. The maximum absolute atomic E-state index is 3.81. The zero-order valence-electron chi connectivity index (χ0n) is 11.8. The predicted molar refractivity (Wildman–Crippen MR) is 72.7 cm³/mol. The lowest BCUT2D eigenvalue weighted by Gasteiger charge is -2.31. The average molecular weight is 225 g/mol. The number of hydrogen-bond acceptors (Lipinski definition) is 1. The lowest BCUT2D eigenvalue weighted by atomic mass is 9.84. The highest BCUT2D eigenvalue weighted by Crippen LogP contribution is 2.26. The number of hydrogen-bond donors (Lipinski definition) is 1. The minimum atomic E-state index is 0.687. The molecule has 1 saturated carbocycles. The Kier molecular flexibility index (Phi) is 6.41. The van der Waals surface area contributed by atoms with Gasteiger partial charge in [-0.05, 0) is 44.9 Å². The molecule has 0 heterocycles. The van der Waals surface area contributed by atoms with E-state index in [9.17, 15) is 0 Å². The van der Waals surface area contributed by atoms with E-state index in [1.54, 1.807) is 0 Å². The summed E-state index contributed by atoms with van der Waals surface area (Å²) in [4.78, 5) is 0. The SMILES string of the molecule is CCC(C)CC(C)NC(C)C1CCCCC1. The Balaban J connectivity index is 2.23. The Morgan fingerprint density at radius 1 is 1.06 bits per heavy atom. The van der Waals surface area contributed by atoms with Crippen molar-refractivity contribution in [3.63, 3.8) is 0 Å². The van der Waals surface area contributed by atoms with Gasteiger partial charge in [0.25, 0.3) is 0 Å². The van der Waals surface area contributed by atoms with E-state index >= 15 is 0 Å². The lowest BCUT2D eigenvalue weighted by Crippen LogP contribution is -2.40. The molecule has 0 radical (unpaired) electrons. The van der Waals surface area contributed by atoms with Crippen molar-refractivity contribution >= 4 is 0 Å². The van der Waals surface area contributed by atoms with Crippen molar-refractivity contribution in [2.75, 3.05) is 0 Å². The molecular formula is C15H31N. The summed E-state index contributed by atoms with van der Waals surface area (Å²) >= 11 is 0. The van der Waals surface area contributed by atoms with Crippen molar-refractivity contribution in [1.29, 1.82) is 0 Å². The van der Waals surface area contributed by atoms with Gasteiger partial charge in [-0.3, -0.25) is 0 Å². The molecule has 1 nitrogen and oxygen atoms in total. The first-order valence-electron chi connectivity index (χ1n) is 7.39. The van der Waals surface area contributed by atoms with Gasteiger partial charge in [0.2, 0.25) is 0 Å². The summed E-state index contributed by atoms with van der Waals surface area (Å²) < 4.78 is 0. The summed E-state index contributed by atoms with van der Waals surface area (Å²) in [5, 5.41) is 3.81. The third-order valence-corrected chi connectivity index (χ3v) is 4.36. The van der Waals surface area contributed by atoms with E-state index in [0.29, 0.717) is 6.04 Å². The molecule has 3 unspecified atom stereocenters. The summed E-state index contributed by atoms with van der Waals surface area (Å²) in [7, 11) is 0. The average Bonchev–Trinajstić information content (AvgIpc) is 2.29. The summed E-state index contributed by atoms with van der Waals surface area (Å²) in [5.74, 6) is 1.80. The second-order valence-corrected chi connectivity index (χ2v) is 6.00. The molecule has 0 aromatic rings.